The number of carbonyl (C=O) groups is 2. The van der Waals surface area contributed by atoms with Crippen LogP contribution in [0.25, 0.3) is 0 Å². The second kappa shape index (κ2) is 51.2. The molecule has 0 saturated heterocycles. The van der Waals surface area contributed by atoms with Crippen LogP contribution in [0.2, 0.25) is 0 Å². The Morgan fingerprint density at radius 1 is 0.383 bits per heavy atom. The molecule has 0 spiro atoms. The molecular weight excluding hydrogens is 741 g/mol. The van der Waals surface area contributed by atoms with Crippen LogP contribution < -0.4 is 0 Å². The molecule has 0 aromatic carbocycles. The van der Waals surface area contributed by atoms with Crippen LogP contribution in [-0.2, 0) is 23.8 Å². The van der Waals surface area contributed by atoms with Gasteiger partial charge in [0.25, 0.3) is 0 Å². The Hall–Kier alpha value is -2.14. The molecule has 0 amide bonds. The van der Waals surface area contributed by atoms with Crippen LogP contribution in [0.5, 0.6) is 0 Å². The van der Waals surface area contributed by atoms with Crippen LogP contribution in [0.15, 0.2) is 48.6 Å². The number of hydrogen-bond acceptors (Lipinski definition) is 5. The summed E-state index contributed by atoms with van der Waals surface area (Å²) in [6, 6.07) is 0. The number of esters is 2. The van der Waals surface area contributed by atoms with E-state index >= 15 is 0 Å². The van der Waals surface area contributed by atoms with Crippen LogP contribution in [0, 0.1) is 0 Å². The first-order valence-corrected chi connectivity index (χ1v) is 26.2. The first-order chi connectivity index (χ1) is 29.6. The molecular formula is C55H100O5. The first-order valence-electron chi connectivity index (χ1n) is 26.2. The Kier molecular flexibility index (Phi) is 49.4. The Morgan fingerprint density at radius 2 is 0.750 bits per heavy atom. The van der Waals surface area contributed by atoms with E-state index in [-0.39, 0.29) is 25.2 Å². The third-order valence-electron chi connectivity index (χ3n) is 11.4. The maximum absolute atomic E-state index is 12.7. The third kappa shape index (κ3) is 48.5. The van der Waals surface area contributed by atoms with E-state index in [1.165, 1.54) is 154 Å². The molecule has 0 rings (SSSR count). The normalized spacial score (nSPS) is 12.5. The van der Waals surface area contributed by atoms with Crippen molar-refractivity contribution in [1.29, 1.82) is 0 Å². The Labute approximate surface area is 373 Å². The lowest BCUT2D eigenvalue weighted by molar-refractivity contribution is -0.163. The fourth-order valence-corrected chi connectivity index (χ4v) is 7.50. The maximum atomic E-state index is 12.7. The number of allylic oxidation sites excluding steroid dienone is 8. The van der Waals surface area contributed by atoms with Gasteiger partial charge in [0.15, 0.2) is 6.10 Å². The predicted octanol–water partition coefficient (Wildman–Crippen LogP) is 17.6. The minimum Gasteiger partial charge on any atom is -0.462 e. The summed E-state index contributed by atoms with van der Waals surface area (Å²) < 4.78 is 17.3. The van der Waals surface area contributed by atoms with Gasteiger partial charge < -0.3 is 14.2 Å². The van der Waals surface area contributed by atoms with Crippen LogP contribution in [0.4, 0.5) is 0 Å². The van der Waals surface area contributed by atoms with Gasteiger partial charge in [-0.1, -0.05) is 243 Å². The van der Waals surface area contributed by atoms with Crippen molar-refractivity contribution in [1.82, 2.24) is 0 Å². The van der Waals surface area contributed by atoms with Gasteiger partial charge in [-0.05, 0) is 57.8 Å². The molecule has 0 N–H and O–H groups in total. The van der Waals surface area contributed by atoms with Crippen molar-refractivity contribution in [3.05, 3.63) is 48.6 Å². The van der Waals surface area contributed by atoms with E-state index in [1.54, 1.807) is 0 Å². The molecule has 60 heavy (non-hydrogen) atoms. The highest BCUT2D eigenvalue weighted by Crippen LogP contribution is 2.16. The summed E-state index contributed by atoms with van der Waals surface area (Å²) in [6.07, 6.45) is 62.8. The standard InChI is InChI=1S/C55H100O5/c1-4-7-10-13-16-18-20-22-24-26-27-28-30-32-34-36-38-41-44-47-50-58-51-53(60-55(57)49-46-43-39-15-12-9-6-3)52-59-54(56)48-45-42-40-37-35-33-31-29-25-23-21-19-17-14-11-8-5-2/h8,11,17,19,23,25,31,33,53H,4-7,9-10,12-16,18,20-22,24,26-30,32,34-52H2,1-3H3/b11-8-,19-17-,25-23-,33-31-. The lowest BCUT2D eigenvalue weighted by Gasteiger charge is -2.18. The van der Waals surface area contributed by atoms with E-state index in [0.29, 0.717) is 19.4 Å². The van der Waals surface area contributed by atoms with Gasteiger partial charge in [0.1, 0.15) is 6.61 Å². The predicted molar refractivity (Wildman–Crippen MR) is 261 cm³/mol. The molecule has 0 aromatic rings. The lowest BCUT2D eigenvalue weighted by Crippen LogP contribution is -2.30. The van der Waals surface area contributed by atoms with Gasteiger partial charge in [0.2, 0.25) is 0 Å². The molecule has 5 nitrogen and oxygen atoms in total. The molecule has 0 saturated carbocycles. The number of rotatable bonds is 48. The Morgan fingerprint density at radius 3 is 1.20 bits per heavy atom. The van der Waals surface area contributed by atoms with Crippen LogP contribution in [0.1, 0.15) is 265 Å². The van der Waals surface area contributed by atoms with Gasteiger partial charge >= 0.3 is 11.9 Å². The van der Waals surface area contributed by atoms with E-state index in [4.69, 9.17) is 14.2 Å². The molecule has 1 unspecified atom stereocenters. The fourth-order valence-electron chi connectivity index (χ4n) is 7.50. The van der Waals surface area contributed by atoms with Gasteiger partial charge in [-0.2, -0.15) is 0 Å². The van der Waals surface area contributed by atoms with Gasteiger partial charge in [-0.25, -0.2) is 0 Å². The molecule has 0 fully saturated rings. The van der Waals surface area contributed by atoms with Crippen molar-refractivity contribution < 1.29 is 23.8 Å². The van der Waals surface area contributed by atoms with E-state index in [2.05, 4.69) is 69.4 Å². The largest absolute Gasteiger partial charge is 0.462 e. The summed E-state index contributed by atoms with van der Waals surface area (Å²) in [6.45, 7) is 7.69. The molecule has 0 heterocycles. The molecule has 0 aromatic heterocycles. The van der Waals surface area contributed by atoms with Crippen molar-refractivity contribution in [3.8, 4) is 0 Å². The smallest absolute Gasteiger partial charge is 0.306 e. The molecule has 1 atom stereocenters. The summed E-state index contributed by atoms with van der Waals surface area (Å²) in [5.41, 5.74) is 0. The highest BCUT2D eigenvalue weighted by Gasteiger charge is 2.17. The highest BCUT2D eigenvalue weighted by atomic mass is 16.6. The average Bonchev–Trinajstić information content (AvgIpc) is 3.25. The van der Waals surface area contributed by atoms with Crippen molar-refractivity contribution in [2.45, 2.75) is 271 Å². The number of hydrogen-bond donors (Lipinski definition) is 0. The van der Waals surface area contributed by atoms with Gasteiger partial charge in [-0.15, -0.1) is 0 Å². The van der Waals surface area contributed by atoms with Gasteiger partial charge in [-0.3, -0.25) is 9.59 Å². The maximum Gasteiger partial charge on any atom is 0.306 e. The SMILES string of the molecule is CC/C=C\C/C=C\C/C=C\C/C=C\CCCCCCC(=O)OCC(COCCCCCCCCCCCCCCCCCCCCCC)OC(=O)CCCCCCCCC. The Balaban J connectivity index is 4.09. The van der Waals surface area contributed by atoms with Gasteiger partial charge in [0.05, 0.1) is 6.61 Å². The average molecular weight is 841 g/mol. The topological polar surface area (TPSA) is 61.8 Å². The van der Waals surface area contributed by atoms with Crippen molar-refractivity contribution >= 4 is 11.9 Å². The lowest BCUT2D eigenvalue weighted by atomic mass is 10.0. The molecule has 5 heteroatoms. The first kappa shape index (κ1) is 57.9. The van der Waals surface area contributed by atoms with Gasteiger partial charge in [0, 0.05) is 19.4 Å². The summed E-state index contributed by atoms with van der Waals surface area (Å²) >= 11 is 0. The Bertz CT molecular complexity index is 997. The van der Waals surface area contributed by atoms with Crippen molar-refractivity contribution in [3.63, 3.8) is 0 Å². The molecule has 0 radical (unpaired) electrons. The molecule has 0 aliphatic heterocycles. The fraction of sp³-hybridized carbons (Fsp3) is 0.818. The van der Waals surface area contributed by atoms with Crippen LogP contribution >= 0.6 is 0 Å². The zero-order valence-corrected chi connectivity index (χ0v) is 40.2. The summed E-state index contributed by atoms with van der Waals surface area (Å²) in [7, 11) is 0. The molecule has 0 aliphatic rings. The van der Waals surface area contributed by atoms with E-state index in [9.17, 15) is 9.59 Å². The second-order valence-electron chi connectivity index (χ2n) is 17.4. The second-order valence-corrected chi connectivity index (χ2v) is 17.4. The van der Waals surface area contributed by atoms with E-state index in [0.717, 1.165) is 77.0 Å². The molecule has 0 aliphatic carbocycles. The number of unbranched alkanes of at least 4 members (excludes halogenated alkanes) is 29. The van der Waals surface area contributed by atoms with E-state index in [1.807, 2.05) is 0 Å². The number of ether oxygens (including phenoxy) is 3. The number of carbonyl (C=O) groups excluding carboxylic acids is 2. The van der Waals surface area contributed by atoms with E-state index < -0.39 is 6.10 Å². The summed E-state index contributed by atoms with van der Waals surface area (Å²) in [5, 5.41) is 0. The van der Waals surface area contributed by atoms with Crippen LogP contribution in [-0.4, -0.2) is 37.9 Å². The van der Waals surface area contributed by atoms with Crippen LogP contribution in [0.3, 0.4) is 0 Å². The zero-order valence-electron chi connectivity index (χ0n) is 40.2. The molecule has 0 bridgehead atoms. The minimum atomic E-state index is -0.540. The van der Waals surface area contributed by atoms with Crippen molar-refractivity contribution in [2.24, 2.45) is 0 Å². The summed E-state index contributed by atoms with van der Waals surface area (Å²) in [4.78, 5) is 25.2. The van der Waals surface area contributed by atoms with Crippen molar-refractivity contribution in [2.75, 3.05) is 19.8 Å². The highest BCUT2D eigenvalue weighted by molar-refractivity contribution is 5.70. The minimum absolute atomic E-state index is 0.0761. The quantitative estimate of drug-likeness (QED) is 0.0347. The summed E-state index contributed by atoms with van der Waals surface area (Å²) in [5.74, 6) is -0.420. The monoisotopic (exact) mass is 841 g/mol. The molecule has 350 valence electrons. The zero-order chi connectivity index (χ0) is 43.5. The third-order valence-corrected chi connectivity index (χ3v) is 11.4.